The quantitative estimate of drug-likeness (QED) is 0.133. The number of hydrogen-bond acceptors (Lipinski definition) is 0. The zero-order valence-electron chi connectivity index (χ0n) is 39.0. The Hall–Kier alpha value is -8.58. The van der Waals surface area contributed by atoms with Crippen molar-refractivity contribution >= 4 is 32.3 Å². The van der Waals surface area contributed by atoms with Crippen molar-refractivity contribution in [3.63, 3.8) is 0 Å². The first-order valence-corrected chi connectivity index (χ1v) is 24.8. The van der Waals surface area contributed by atoms with E-state index in [4.69, 9.17) is 0 Å². The lowest BCUT2D eigenvalue weighted by Gasteiger charge is -2.24. The highest BCUT2D eigenvalue weighted by Gasteiger charge is 2.22. The average Bonchev–Trinajstić information content (AvgIpc) is 3.44. The van der Waals surface area contributed by atoms with E-state index < -0.39 is 0 Å². The third kappa shape index (κ3) is 7.78. The molecular formula is C70H50. The SMILES string of the molecule is C1=CC2=C(C=CC(c3cccc(-c4c5ccc(-c6ccc(-c7ccccc7)cc6)cc5c(-c5cccc(-c6ccc7ccccc7c6)c5)c5ccc(-c6ccc(-c7ccccc7)cc6)cc45)c3)C2)CC1. The minimum atomic E-state index is 0.320. The van der Waals surface area contributed by atoms with Crippen LogP contribution in [0.1, 0.15) is 30.7 Å². The van der Waals surface area contributed by atoms with Gasteiger partial charge in [-0.05, 0) is 170 Å². The zero-order chi connectivity index (χ0) is 46.4. The van der Waals surface area contributed by atoms with Gasteiger partial charge in [0.05, 0.1) is 0 Å². The summed E-state index contributed by atoms with van der Waals surface area (Å²) in [4.78, 5) is 0. The molecule has 0 amide bonds. The van der Waals surface area contributed by atoms with Gasteiger partial charge >= 0.3 is 0 Å². The van der Waals surface area contributed by atoms with Crippen LogP contribution in [0, 0.1) is 0 Å². The van der Waals surface area contributed by atoms with Gasteiger partial charge in [-0.25, -0.2) is 0 Å². The molecule has 1 atom stereocenters. The molecule has 11 aromatic carbocycles. The van der Waals surface area contributed by atoms with Gasteiger partial charge in [0.1, 0.15) is 0 Å². The molecule has 0 heterocycles. The Labute approximate surface area is 410 Å². The van der Waals surface area contributed by atoms with Gasteiger partial charge in [-0.15, -0.1) is 0 Å². The second-order valence-corrected chi connectivity index (χ2v) is 19.1. The van der Waals surface area contributed by atoms with E-state index in [1.807, 2.05) is 0 Å². The van der Waals surface area contributed by atoms with E-state index in [-0.39, 0.29) is 0 Å². The van der Waals surface area contributed by atoms with Crippen molar-refractivity contribution in [2.75, 3.05) is 0 Å². The van der Waals surface area contributed by atoms with Crippen LogP contribution in [0.5, 0.6) is 0 Å². The van der Waals surface area contributed by atoms with Crippen LogP contribution in [0.15, 0.2) is 272 Å². The summed E-state index contributed by atoms with van der Waals surface area (Å²) in [5.74, 6) is 0.320. The maximum absolute atomic E-state index is 2.48. The lowest BCUT2D eigenvalue weighted by molar-refractivity contribution is 0.791. The Morgan fingerprint density at radius 1 is 0.286 bits per heavy atom. The van der Waals surface area contributed by atoms with Gasteiger partial charge in [-0.1, -0.05) is 237 Å². The first kappa shape index (κ1) is 41.6. The number of rotatable bonds is 8. The van der Waals surface area contributed by atoms with Crippen molar-refractivity contribution in [3.05, 3.63) is 278 Å². The summed E-state index contributed by atoms with van der Waals surface area (Å²) in [6, 6.07) is 88.1. The molecule has 0 aromatic heterocycles. The van der Waals surface area contributed by atoms with Gasteiger partial charge in [0.15, 0.2) is 0 Å². The standard InChI is InChI=1S/C70H50/c1-3-13-47(14-4-1)51-25-29-53(30-26-51)61-37-39-65-67(45-61)69(63-23-11-21-57(43-63)59-35-33-49-17-7-9-19-55(49)41-59)66-40-38-62(54-31-27-52(28-32-54)48-15-5-2-6-16-48)46-68(66)70(65)64-24-12-22-58(44-64)60-36-34-50-18-8-10-20-56(50)42-60/h1-7,9-17,19-41,43-46,60H,8,18,42H2. The summed E-state index contributed by atoms with van der Waals surface area (Å²) in [5.41, 5.74) is 21.4. The molecule has 330 valence electrons. The van der Waals surface area contributed by atoms with Gasteiger partial charge in [-0.3, -0.25) is 0 Å². The van der Waals surface area contributed by atoms with Gasteiger partial charge in [-0.2, -0.15) is 0 Å². The van der Waals surface area contributed by atoms with Crippen LogP contribution in [-0.4, -0.2) is 0 Å². The van der Waals surface area contributed by atoms with Gasteiger partial charge in [0.25, 0.3) is 0 Å². The van der Waals surface area contributed by atoms with Crippen LogP contribution in [0.2, 0.25) is 0 Å². The highest BCUT2D eigenvalue weighted by atomic mass is 14.3. The largest absolute Gasteiger partial charge is 0.0839 e. The summed E-state index contributed by atoms with van der Waals surface area (Å²) < 4.78 is 0. The second-order valence-electron chi connectivity index (χ2n) is 19.1. The highest BCUT2D eigenvalue weighted by molar-refractivity contribution is 6.22. The average molecular weight is 891 g/mol. The Bertz CT molecular complexity index is 3870. The molecule has 0 bridgehead atoms. The maximum Gasteiger partial charge on any atom is 0.00619 e. The topological polar surface area (TPSA) is 0 Å². The zero-order valence-corrected chi connectivity index (χ0v) is 39.0. The van der Waals surface area contributed by atoms with Crippen LogP contribution in [0.25, 0.3) is 110 Å². The summed E-state index contributed by atoms with van der Waals surface area (Å²) in [6.07, 6.45) is 12.9. The van der Waals surface area contributed by atoms with Crippen LogP contribution in [-0.2, 0) is 0 Å². The molecule has 11 aromatic rings. The minimum Gasteiger partial charge on any atom is -0.0839 e. The molecule has 0 saturated carbocycles. The molecule has 0 spiro atoms. The van der Waals surface area contributed by atoms with E-state index in [0.717, 1.165) is 19.3 Å². The van der Waals surface area contributed by atoms with Gasteiger partial charge < -0.3 is 0 Å². The van der Waals surface area contributed by atoms with E-state index >= 15 is 0 Å². The molecule has 0 aliphatic heterocycles. The molecular weight excluding hydrogens is 841 g/mol. The van der Waals surface area contributed by atoms with Crippen LogP contribution >= 0.6 is 0 Å². The van der Waals surface area contributed by atoms with Gasteiger partial charge in [0, 0.05) is 5.92 Å². The molecule has 2 aliphatic rings. The second kappa shape index (κ2) is 17.8. The van der Waals surface area contributed by atoms with E-state index in [0.29, 0.717) is 5.92 Å². The van der Waals surface area contributed by atoms with Crippen molar-refractivity contribution in [2.45, 2.75) is 25.2 Å². The fraction of sp³-hybridized carbons (Fsp3) is 0.0571. The predicted octanol–water partition coefficient (Wildman–Crippen LogP) is 19.5. The fourth-order valence-electron chi connectivity index (χ4n) is 11.2. The van der Waals surface area contributed by atoms with Crippen molar-refractivity contribution in [1.29, 1.82) is 0 Å². The van der Waals surface area contributed by atoms with Crippen LogP contribution < -0.4 is 0 Å². The molecule has 0 N–H and O–H groups in total. The van der Waals surface area contributed by atoms with Crippen LogP contribution in [0.3, 0.4) is 0 Å². The lowest BCUT2D eigenvalue weighted by Crippen LogP contribution is -2.05. The molecule has 70 heavy (non-hydrogen) atoms. The number of allylic oxidation sites excluding steroid dienone is 6. The first-order valence-electron chi connectivity index (χ1n) is 24.8. The van der Waals surface area contributed by atoms with Crippen molar-refractivity contribution in [2.24, 2.45) is 0 Å². The summed E-state index contributed by atoms with van der Waals surface area (Å²) >= 11 is 0. The predicted molar refractivity (Wildman–Crippen MR) is 299 cm³/mol. The summed E-state index contributed by atoms with van der Waals surface area (Å²) in [6.45, 7) is 0. The molecule has 0 radical (unpaired) electrons. The van der Waals surface area contributed by atoms with Gasteiger partial charge in [0.2, 0.25) is 0 Å². The minimum absolute atomic E-state index is 0.320. The molecule has 1 unspecified atom stereocenters. The molecule has 13 rings (SSSR count). The Morgan fingerprint density at radius 3 is 1.37 bits per heavy atom. The third-order valence-corrected chi connectivity index (χ3v) is 14.9. The number of benzene rings is 11. The molecule has 0 nitrogen and oxygen atoms in total. The molecule has 0 heteroatoms. The number of hydrogen-bond donors (Lipinski definition) is 0. The van der Waals surface area contributed by atoms with Crippen molar-refractivity contribution < 1.29 is 0 Å². The van der Waals surface area contributed by atoms with E-state index in [9.17, 15) is 0 Å². The summed E-state index contributed by atoms with van der Waals surface area (Å²) in [7, 11) is 0. The van der Waals surface area contributed by atoms with E-state index in [1.165, 1.54) is 127 Å². The fourth-order valence-corrected chi connectivity index (χ4v) is 11.2. The third-order valence-electron chi connectivity index (χ3n) is 14.9. The smallest absolute Gasteiger partial charge is 0.00619 e. The first-order chi connectivity index (χ1) is 34.7. The Morgan fingerprint density at radius 2 is 0.743 bits per heavy atom. The van der Waals surface area contributed by atoms with Crippen molar-refractivity contribution in [1.82, 2.24) is 0 Å². The van der Waals surface area contributed by atoms with E-state index in [1.54, 1.807) is 0 Å². The molecule has 2 aliphatic carbocycles. The molecule has 0 saturated heterocycles. The number of fused-ring (bicyclic) bond motifs is 3. The Balaban J connectivity index is 1.04. The Kier molecular flexibility index (Phi) is 10.6. The monoisotopic (exact) mass is 890 g/mol. The normalized spacial score (nSPS) is 14.4. The summed E-state index contributed by atoms with van der Waals surface area (Å²) in [5, 5.41) is 7.48. The van der Waals surface area contributed by atoms with Crippen LogP contribution in [0.4, 0.5) is 0 Å². The van der Waals surface area contributed by atoms with E-state index in [2.05, 4.69) is 261 Å². The molecule has 0 fully saturated rings. The lowest BCUT2D eigenvalue weighted by atomic mass is 9.80. The maximum atomic E-state index is 2.48. The highest BCUT2D eigenvalue weighted by Crippen LogP contribution is 2.48. The van der Waals surface area contributed by atoms with Crippen molar-refractivity contribution in [3.8, 4) is 77.9 Å².